The summed E-state index contributed by atoms with van der Waals surface area (Å²) >= 11 is 0. The Morgan fingerprint density at radius 2 is 1.00 bits per heavy atom. The van der Waals surface area contributed by atoms with Gasteiger partial charge in [0.15, 0.2) is 0 Å². The van der Waals surface area contributed by atoms with E-state index < -0.39 is 11.9 Å². The molecule has 6 heteroatoms. The minimum Gasteiger partial charge on any atom is -0.494 e. The number of carbonyl (C=O) groups is 2. The van der Waals surface area contributed by atoms with E-state index >= 15 is 0 Å². The lowest BCUT2D eigenvalue weighted by Gasteiger charge is -2.09. The van der Waals surface area contributed by atoms with Crippen molar-refractivity contribution in [2.24, 2.45) is 0 Å². The zero-order chi connectivity index (χ0) is 29.8. The van der Waals surface area contributed by atoms with Crippen LogP contribution in [0.5, 0.6) is 17.2 Å². The van der Waals surface area contributed by atoms with Crippen LogP contribution in [0.4, 0.5) is 0 Å². The third kappa shape index (κ3) is 12.5. The van der Waals surface area contributed by atoms with E-state index in [9.17, 15) is 9.59 Å². The first-order chi connectivity index (χ1) is 20.6. The van der Waals surface area contributed by atoms with Gasteiger partial charge in [0.25, 0.3) is 0 Å². The van der Waals surface area contributed by atoms with Crippen LogP contribution >= 0.6 is 0 Å². The molecule has 42 heavy (non-hydrogen) atoms. The minimum absolute atomic E-state index is 0.250. The zero-order valence-electron chi connectivity index (χ0n) is 25.0. The standard InChI is InChI=1S/C36H46O6/c1-2-3-4-5-6-8-11-14-29-15-21-33(22-16-29)41-36(39)31-19-25-34(26-20-31)42-35(38)30-17-23-32(24-18-30)40-28-13-10-7-9-12-27-37/h15-26,37H,2-14,27-28H2,1H3. The predicted molar refractivity (Wildman–Crippen MR) is 167 cm³/mol. The molecule has 0 aromatic heterocycles. The number of benzene rings is 3. The summed E-state index contributed by atoms with van der Waals surface area (Å²) in [5, 5.41) is 8.81. The molecule has 0 unspecified atom stereocenters. The number of aryl methyl sites for hydroxylation is 1. The van der Waals surface area contributed by atoms with Gasteiger partial charge < -0.3 is 19.3 Å². The highest BCUT2D eigenvalue weighted by Gasteiger charge is 2.12. The van der Waals surface area contributed by atoms with Gasteiger partial charge in [-0.15, -0.1) is 0 Å². The second kappa shape index (κ2) is 19.5. The maximum absolute atomic E-state index is 12.6. The molecule has 1 N–H and O–H groups in total. The van der Waals surface area contributed by atoms with Gasteiger partial charge in [-0.25, -0.2) is 9.59 Å². The number of aliphatic hydroxyl groups is 1. The molecule has 3 rings (SSSR count). The van der Waals surface area contributed by atoms with Gasteiger partial charge in [-0.1, -0.05) is 76.8 Å². The molecule has 0 saturated carbocycles. The van der Waals surface area contributed by atoms with E-state index in [2.05, 4.69) is 6.92 Å². The van der Waals surface area contributed by atoms with Crippen LogP contribution in [-0.4, -0.2) is 30.3 Å². The van der Waals surface area contributed by atoms with E-state index in [0.717, 1.165) is 38.5 Å². The Hall–Kier alpha value is -3.64. The fourth-order valence-corrected chi connectivity index (χ4v) is 4.62. The third-order valence-electron chi connectivity index (χ3n) is 7.16. The molecule has 0 fully saturated rings. The summed E-state index contributed by atoms with van der Waals surface area (Å²) < 4.78 is 16.7. The first-order valence-electron chi connectivity index (χ1n) is 15.6. The van der Waals surface area contributed by atoms with Crippen molar-refractivity contribution in [3.05, 3.63) is 89.5 Å². The zero-order valence-corrected chi connectivity index (χ0v) is 25.0. The molecule has 0 heterocycles. The summed E-state index contributed by atoms with van der Waals surface area (Å²) in [6.45, 7) is 3.10. The molecule has 0 radical (unpaired) electrons. The lowest BCUT2D eigenvalue weighted by Crippen LogP contribution is -2.10. The summed E-state index contributed by atoms with van der Waals surface area (Å²) in [6, 6.07) is 20.9. The molecule has 0 amide bonds. The van der Waals surface area contributed by atoms with Gasteiger partial charge in [0, 0.05) is 6.61 Å². The first kappa shape index (κ1) is 32.9. The first-order valence-corrected chi connectivity index (χ1v) is 15.6. The molecule has 6 nitrogen and oxygen atoms in total. The molecule has 3 aromatic rings. The van der Waals surface area contributed by atoms with Crippen LogP contribution in [0.2, 0.25) is 0 Å². The number of unbranched alkanes of at least 4 members (excludes halogenated alkanes) is 10. The van der Waals surface area contributed by atoms with E-state index in [0.29, 0.717) is 35.0 Å². The predicted octanol–water partition coefficient (Wildman–Crippen LogP) is 8.74. The molecule has 3 aromatic carbocycles. The van der Waals surface area contributed by atoms with E-state index in [1.807, 2.05) is 24.3 Å². The Morgan fingerprint density at radius 1 is 0.548 bits per heavy atom. The Balaban J connectivity index is 1.37. The smallest absolute Gasteiger partial charge is 0.343 e. The number of carbonyl (C=O) groups excluding carboxylic acids is 2. The second-order valence-corrected chi connectivity index (χ2v) is 10.7. The number of hydrogen-bond donors (Lipinski definition) is 1. The molecule has 0 spiro atoms. The van der Waals surface area contributed by atoms with Crippen molar-refractivity contribution >= 4 is 11.9 Å². The number of ether oxygens (including phenoxy) is 3. The van der Waals surface area contributed by atoms with Crippen molar-refractivity contribution in [3.63, 3.8) is 0 Å². The van der Waals surface area contributed by atoms with Crippen molar-refractivity contribution in [3.8, 4) is 17.2 Å². The lowest BCUT2D eigenvalue weighted by molar-refractivity contribution is 0.0730. The van der Waals surface area contributed by atoms with Crippen molar-refractivity contribution < 1.29 is 28.9 Å². The monoisotopic (exact) mass is 574 g/mol. The maximum atomic E-state index is 12.6. The largest absolute Gasteiger partial charge is 0.494 e. The van der Waals surface area contributed by atoms with E-state index in [4.69, 9.17) is 19.3 Å². The summed E-state index contributed by atoms with van der Waals surface area (Å²) in [4.78, 5) is 25.2. The van der Waals surface area contributed by atoms with Crippen LogP contribution in [-0.2, 0) is 6.42 Å². The number of rotatable bonds is 20. The average Bonchev–Trinajstić information content (AvgIpc) is 3.01. The fourth-order valence-electron chi connectivity index (χ4n) is 4.62. The topological polar surface area (TPSA) is 82.1 Å². The van der Waals surface area contributed by atoms with Crippen LogP contribution in [0, 0.1) is 0 Å². The molecule has 0 aliphatic rings. The average molecular weight is 575 g/mol. The summed E-state index contributed by atoms with van der Waals surface area (Å²) in [5.74, 6) is 0.593. The van der Waals surface area contributed by atoms with Gasteiger partial charge in [-0.05, 0) is 91.9 Å². The van der Waals surface area contributed by atoms with Crippen LogP contribution in [0.15, 0.2) is 72.8 Å². The van der Waals surface area contributed by atoms with Crippen molar-refractivity contribution in [2.75, 3.05) is 13.2 Å². The van der Waals surface area contributed by atoms with Crippen LogP contribution in [0.25, 0.3) is 0 Å². The van der Waals surface area contributed by atoms with Gasteiger partial charge in [0.2, 0.25) is 0 Å². The van der Waals surface area contributed by atoms with Gasteiger partial charge in [-0.3, -0.25) is 0 Å². The van der Waals surface area contributed by atoms with E-state index in [1.54, 1.807) is 48.5 Å². The molecular formula is C36H46O6. The summed E-state index contributed by atoms with van der Waals surface area (Å²) in [6.07, 6.45) is 15.0. The lowest BCUT2D eigenvalue weighted by atomic mass is 10.0. The van der Waals surface area contributed by atoms with Crippen LogP contribution in [0.1, 0.15) is 110 Å². The van der Waals surface area contributed by atoms with Crippen LogP contribution in [0.3, 0.4) is 0 Å². The Labute approximate surface area is 251 Å². The Kier molecular flexibility index (Phi) is 15.2. The van der Waals surface area contributed by atoms with Crippen molar-refractivity contribution in [1.82, 2.24) is 0 Å². The molecule has 0 aliphatic heterocycles. The maximum Gasteiger partial charge on any atom is 0.343 e. The summed E-state index contributed by atoms with van der Waals surface area (Å²) in [7, 11) is 0. The Morgan fingerprint density at radius 3 is 1.55 bits per heavy atom. The second-order valence-electron chi connectivity index (χ2n) is 10.7. The minimum atomic E-state index is -0.489. The molecule has 226 valence electrons. The van der Waals surface area contributed by atoms with Crippen molar-refractivity contribution in [1.29, 1.82) is 0 Å². The highest BCUT2D eigenvalue weighted by Crippen LogP contribution is 2.20. The fraction of sp³-hybridized carbons (Fsp3) is 0.444. The molecule has 0 aliphatic carbocycles. The van der Waals surface area contributed by atoms with Crippen molar-refractivity contribution in [2.45, 2.75) is 90.4 Å². The van der Waals surface area contributed by atoms with E-state index in [-0.39, 0.29) is 6.61 Å². The SMILES string of the molecule is CCCCCCCCCc1ccc(OC(=O)c2ccc(OC(=O)c3ccc(OCCCCCCCO)cc3)cc2)cc1. The van der Waals surface area contributed by atoms with Gasteiger partial charge in [0.05, 0.1) is 17.7 Å². The molecule has 0 atom stereocenters. The Bertz CT molecular complexity index is 1170. The third-order valence-corrected chi connectivity index (χ3v) is 7.16. The van der Waals surface area contributed by atoms with Gasteiger partial charge >= 0.3 is 11.9 Å². The molecule has 0 saturated heterocycles. The van der Waals surface area contributed by atoms with Crippen LogP contribution < -0.4 is 14.2 Å². The summed E-state index contributed by atoms with van der Waals surface area (Å²) in [5.41, 5.74) is 2.03. The van der Waals surface area contributed by atoms with Gasteiger partial charge in [0.1, 0.15) is 17.2 Å². The number of esters is 2. The molecule has 0 bridgehead atoms. The van der Waals surface area contributed by atoms with E-state index in [1.165, 1.54) is 50.5 Å². The number of aliphatic hydroxyl groups excluding tert-OH is 1. The quantitative estimate of drug-likeness (QED) is 0.0825. The number of hydrogen-bond acceptors (Lipinski definition) is 6. The molecular weight excluding hydrogens is 528 g/mol. The normalized spacial score (nSPS) is 10.8. The highest BCUT2D eigenvalue weighted by molar-refractivity contribution is 5.92. The van der Waals surface area contributed by atoms with Gasteiger partial charge in [-0.2, -0.15) is 0 Å². The highest BCUT2D eigenvalue weighted by atomic mass is 16.5.